The lowest BCUT2D eigenvalue weighted by atomic mass is 10.0. The van der Waals surface area contributed by atoms with Gasteiger partial charge >= 0.3 is 11.8 Å². The average molecular weight is 278 g/mol. The molecule has 0 spiro atoms. The van der Waals surface area contributed by atoms with Crippen LogP contribution < -0.4 is 0 Å². The van der Waals surface area contributed by atoms with Gasteiger partial charge in [-0.05, 0) is 5.22 Å². The number of carbonyl (C=O) groups excluding carboxylic acids is 2. The maximum absolute atomic E-state index is 11.5. The van der Waals surface area contributed by atoms with Crippen molar-refractivity contribution in [1.82, 2.24) is 5.01 Å². The molecule has 108 valence electrons. The van der Waals surface area contributed by atoms with Crippen molar-refractivity contribution in [3.63, 3.8) is 0 Å². The molecule has 0 aliphatic rings. The van der Waals surface area contributed by atoms with Crippen molar-refractivity contribution in [1.29, 1.82) is 0 Å². The molecule has 0 aliphatic heterocycles. The number of aliphatic hydroxyl groups is 5. The molecule has 0 bridgehead atoms. The van der Waals surface area contributed by atoms with Crippen LogP contribution in [0.4, 0.5) is 0 Å². The van der Waals surface area contributed by atoms with Crippen LogP contribution in [-0.4, -0.2) is 73.4 Å². The van der Waals surface area contributed by atoms with Gasteiger partial charge in [-0.25, -0.2) is 9.59 Å². The van der Waals surface area contributed by atoms with Crippen LogP contribution in [0.1, 0.15) is 6.92 Å². The zero-order valence-electron chi connectivity index (χ0n) is 9.86. The van der Waals surface area contributed by atoms with E-state index < -0.39 is 42.8 Å². The summed E-state index contributed by atoms with van der Waals surface area (Å²) in [5, 5.41) is 48.3. The Morgan fingerprint density at radius 3 is 2.16 bits per heavy atom. The van der Waals surface area contributed by atoms with Crippen LogP contribution in [0.25, 0.3) is 10.4 Å². The molecule has 0 aromatic rings. The Morgan fingerprint density at radius 2 is 1.79 bits per heavy atom. The maximum Gasteiger partial charge on any atom is 0.351 e. The first-order valence-corrected chi connectivity index (χ1v) is 5.00. The Bertz CT molecular complexity index is 381. The summed E-state index contributed by atoms with van der Waals surface area (Å²) in [4.78, 5) is 24.6. The molecular formula is C8H14N4O7. The van der Waals surface area contributed by atoms with E-state index in [1.165, 1.54) is 0 Å². The Balaban J connectivity index is 4.98. The van der Waals surface area contributed by atoms with Gasteiger partial charge in [-0.1, -0.05) is 0 Å². The molecule has 0 aliphatic carbocycles. The van der Waals surface area contributed by atoms with Gasteiger partial charge in [0.1, 0.15) is 18.3 Å². The second kappa shape index (κ2) is 7.63. The minimum Gasteiger partial charge on any atom is -0.394 e. The van der Waals surface area contributed by atoms with Crippen molar-refractivity contribution in [2.24, 2.45) is 5.22 Å². The number of nitrogens with zero attached hydrogens (tertiary/aromatic N) is 4. The molecular weight excluding hydrogens is 264 g/mol. The number of azide groups is 1. The molecule has 0 saturated heterocycles. The standard InChI is InChI=1S/C8H14N4O7/c1-3(14)12(11-10-9)8(19)7(18)6(17)5(16)4(15)2-13/h4-7,13,15-18H,2H2,1H3. The highest BCUT2D eigenvalue weighted by Crippen LogP contribution is 2.09. The molecule has 0 fully saturated rings. The second-order valence-electron chi connectivity index (χ2n) is 3.52. The molecule has 5 N–H and O–H groups in total. The fourth-order valence-electron chi connectivity index (χ4n) is 1.10. The number of amides is 2. The third-order valence-electron chi connectivity index (χ3n) is 2.14. The normalized spacial score (nSPS) is 16.7. The zero-order chi connectivity index (χ0) is 15.2. The Kier molecular flexibility index (Phi) is 6.93. The van der Waals surface area contributed by atoms with Crippen LogP contribution in [0.3, 0.4) is 0 Å². The van der Waals surface area contributed by atoms with E-state index in [9.17, 15) is 24.9 Å². The lowest BCUT2D eigenvalue weighted by molar-refractivity contribution is -0.162. The Hall–Kier alpha value is -1.75. The van der Waals surface area contributed by atoms with Gasteiger partial charge in [0.05, 0.1) is 6.61 Å². The first-order chi connectivity index (χ1) is 8.77. The number of hydrogen-bond acceptors (Lipinski definition) is 8. The summed E-state index contributed by atoms with van der Waals surface area (Å²) < 4.78 is 0. The van der Waals surface area contributed by atoms with Gasteiger partial charge in [-0.15, -0.1) is 10.5 Å². The molecule has 4 atom stereocenters. The number of imide groups is 1. The van der Waals surface area contributed by atoms with Gasteiger partial charge in [0.15, 0.2) is 6.10 Å². The lowest BCUT2D eigenvalue weighted by Crippen LogP contribution is -2.52. The third-order valence-corrected chi connectivity index (χ3v) is 2.14. The molecule has 0 rings (SSSR count). The molecule has 2 amide bonds. The molecule has 0 saturated carbocycles. The van der Waals surface area contributed by atoms with Crippen molar-refractivity contribution in [2.45, 2.75) is 31.3 Å². The van der Waals surface area contributed by atoms with Crippen molar-refractivity contribution in [3.05, 3.63) is 10.4 Å². The summed E-state index contributed by atoms with van der Waals surface area (Å²) in [7, 11) is 0. The van der Waals surface area contributed by atoms with E-state index in [4.69, 9.17) is 15.7 Å². The minimum absolute atomic E-state index is 0.0497. The number of hydrogen-bond donors (Lipinski definition) is 5. The monoisotopic (exact) mass is 278 g/mol. The lowest BCUT2D eigenvalue weighted by Gasteiger charge is -2.24. The smallest absolute Gasteiger partial charge is 0.351 e. The van der Waals surface area contributed by atoms with Crippen molar-refractivity contribution in [3.8, 4) is 0 Å². The highest BCUT2D eigenvalue weighted by atomic mass is 16.4. The molecule has 19 heavy (non-hydrogen) atoms. The minimum atomic E-state index is -2.33. The third kappa shape index (κ3) is 4.44. The fourth-order valence-corrected chi connectivity index (χ4v) is 1.10. The molecule has 11 nitrogen and oxygen atoms in total. The summed E-state index contributed by atoms with van der Waals surface area (Å²) in [5.41, 5.74) is 8.14. The predicted molar refractivity (Wildman–Crippen MR) is 57.8 cm³/mol. The SMILES string of the molecule is CC(=O)N(N=[N+]=[N-])C(=O)C(O)C(O)C(O)C(O)CO. The van der Waals surface area contributed by atoms with E-state index in [1.807, 2.05) is 0 Å². The van der Waals surface area contributed by atoms with E-state index in [2.05, 4.69) is 10.1 Å². The van der Waals surface area contributed by atoms with E-state index in [-0.39, 0.29) is 5.01 Å². The van der Waals surface area contributed by atoms with Gasteiger partial charge in [-0.2, -0.15) is 4.91 Å². The molecule has 4 unspecified atom stereocenters. The Morgan fingerprint density at radius 1 is 1.26 bits per heavy atom. The summed E-state index contributed by atoms with van der Waals surface area (Å²) in [6.45, 7) is -0.0589. The molecule has 0 heterocycles. The molecule has 11 heteroatoms. The fraction of sp³-hybridized carbons (Fsp3) is 0.750. The molecule has 0 radical (unpaired) electrons. The maximum atomic E-state index is 11.5. The van der Waals surface area contributed by atoms with Gasteiger partial charge < -0.3 is 25.5 Å². The highest BCUT2D eigenvalue weighted by Gasteiger charge is 2.39. The van der Waals surface area contributed by atoms with Gasteiger partial charge in [0.2, 0.25) is 0 Å². The van der Waals surface area contributed by atoms with Gasteiger partial charge in [0.25, 0.3) is 0 Å². The summed E-state index contributed by atoms with van der Waals surface area (Å²) in [5.74, 6) is -2.51. The predicted octanol–water partition coefficient (Wildman–Crippen LogP) is -2.98. The van der Waals surface area contributed by atoms with Crippen LogP contribution in [0.2, 0.25) is 0 Å². The summed E-state index contributed by atoms with van der Waals surface area (Å²) >= 11 is 0. The van der Waals surface area contributed by atoms with Crippen LogP contribution in [-0.2, 0) is 9.59 Å². The van der Waals surface area contributed by atoms with Gasteiger partial charge in [-0.3, -0.25) is 0 Å². The van der Waals surface area contributed by atoms with Crippen molar-refractivity contribution in [2.75, 3.05) is 6.61 Å². The van der Waals surface area contributed by atoms with Crippen LogP contribution >= 0.6 is 0 Å². The molecule has 0 aromatic carbocycles. The zero-order valence-corrected chi connectivity index (χ0v) is 9.86. The quantitative estimate of drug-likeness (QED) is 0.148. The highest BCUT2D eigenvalue weighted by molar-refractivity contribution is 5.96. The van der Waals surface area contributed by atoms with E-state index in [1.54, 1.807) is 0 Å². The van der Waals surface area contributed by atoms with Crippen LogP contribution in [0.15, 0.2) is 5.22 Å². The topological polar surface area (TPSA) is 187 Å². The van der Waals surface area contributed by atoms with Crippen molar-refractivity contribution < 1.29 is 35.1 Å². The summed E-state index contributed by atoms with van der Waals surface area (Å²) in [6.07, 6.45) is -8.36. The van der Waals surface area contributed by atoms with Crippen LogP contribution in [0, 0.1) is 0 Å². The van der Waals surface area contributed by atoms with Gasteiger partial charge in [0, 0.05) is 6.92 Å². The van der Waals surface area contributed by atoms with Crippen molar-refractivity contribution >= 4 is 11.8 Å². The molecule has 0 aromatic heterocycles. The number of carbonyl (C=O) groups is 2. The van der Waals surface area contributed by atoms with Crippen LogP contribution in [0.5, 0.6) is 0 Å². The largest absolute Gasteiger partial charge is 0.394 e. The van der Waals surface area contributed by atoms with E-state index in [0.29, 0.717) is 0 Å². The first-order valence-electron chi connectivity index (χ1n) is 5.00. The average Bonchev–Trinajstić information content (AvgIpc) is 2.40. The second-order valence-corrected chi connectivity index (χ2v) is 3.52. The van der Waals surface area contributed by atoms with E-state index in [0.717, 1.165) is 6.92 Å². The summed E-state index contributed by atoms with van der Waals surface area (Å²) in [6, 6.07) is 0. The van der Waals surface area contributed by atoms with E-state index >= 15 is 0 Å². The number of rotatable bonds is 6. The first kappa shape index (κ1) is 17.2. The number of aliphatic hydroxyl groups excluding tert-OH is 5. The Labute approximate surface area is 106 Å².